The molecule has 0 bridgehead atoms. The predicted molar refractivity (Wildman–Crippen MR) is 90.4 cm³/mol. The molecule has 0 amide bonds. The fourth-order valence-electron chi connectivity index (χ4n) is 2.81. The zero-order valence-corrected chi connectivity index (χ0v) is 12.8. The standard InChI is InChI=1S/C17H7BrN4/c1-19-13-7-12-10-5-3-4-6-11(10)17-21-9-16(18)22(17)15(12)8-14(13)20-2/h3-9H. The first-order chi connectivity index (χ1) is 10.7. The summed E-state index contributed by atoms with van der Waals surface area (Å²) in [6, 6.07) is 11.5. The third-order valence-electron chi connectivity index (χ3n) is 3.75. The number of fused-ring (bicyclic) bond motifs is 6. The third-order valence-corrected chi connectivity index (χ3v) is 4.31. The molecule has 2 aromatic heterocycles. The van der Waals surface area contributed by atoms with Gasteiger partial charge in [0.2, 0.25) is 0 Å². The molecule has 102 valence electrons. The van der Waals surface area contributed by atoms with Gasteiger partial charge in [-0.2, -0.15) is 0 Å². The Balaban J connectivity index is 2.40. The number of rotatable bonds is 0. The Morgan fingerprint density at radius 3 is 2.36 bits per heavy atom. The molecule has 0 unspecified atom stereocenters. The maximum absolute atomic E-state index is 7.30. The van der Waals surface area contributed by atoms with Crippen LogP contribution in [-0.4, -0.2) is 9.38 Å². The van der Waals surface area contributed by atoms with Gasteiger partial charge < -0.3 is 0 Å². The average Bonchev–Trinajstić information content (AvgIpc) is 2.96. The molecule has 22 heavy (non-hydrogen) atoms. The predicted octanol–water partition coefficient (Wildman–Crippen LogP) is 5.50. The van der Waals surface area contributed by atoms with Gasteiger partial charge in [-0.15, -0.1) is 0 Å². The number of halogens is 1. The second-order valence-electron chi connectivity index (χ2n) is 4.87. The summed E-state index contributed by atoms with van der Waals surface area (Å²) < 4.78 is 2.80. The van der Waals surface area contributed by atoms with Crippen LogP contribution in [0, 0.1) is 13.1 Å². The molecular weight excluding hydrogens is 340 g/mol. The van der Waals surface area contributed by atoms with E-state index in [1.165, 1.54) is 0 Å². The zero-order valence-electron chi connectivity index (χ0n) is 11.2. The van der Waals surface area contributed by atoms with Gasteiger partial charge in [0.25, 0.3) is 0 Å². The zero-order chi connectivity index (χ0) is 15.3. The number of pyridine rings is 1. The normalized spacial score (nSPS) is 10.9. The van der Waals surface area contributed by atoms with Crippen molar-refractivity contribution >= 4 is 54.6 Å². The molecule has 0 N–H and O–H groups in total. The largest absolute Gasteiger partial charge is 0.288 e. The first kappa shape index (κ1) is 12.8. The maximum atomic E-state index is 7.30. The highest BCUT2D eigenvalue weighted by Gasteiger charge is 2.14. The van der Waals surface area contributed by atoms with Crippen molar-refractivity contribution < 1.29 is 0 Å². The SMILES string of the molecule is [C-]#[N+]c1cc2c3ccccc3c3ncc(Br)n3c2cc1[N+]#[C-]. The molecule has 2 heterocycles. The Kier molecular flexibility index (Phi) is 2.66. The van der Waals surface area contributed by atoms with Crippen LogP contribution in [0.3, 0.4) is 0 Å². The lowest BCUT2D eigenvalue weighted by Gasteiger charge is -2.10. The second kappa shape index (κ2) is 4.56. The minimum absolute atomic E-state index is 0.361. The Bertz CT molecular complexity index is 1160. The van der Waals surface area contributed by atoms with Gasteiger partial charge in [0.15, 0.2) is 11.4 Å². The van der Waals surface area contributed by atoms with Crippen LogP contribution in [0.4, 0.5) is 11.4 Å². The molecule has 0 aliphatic rings. The highest BCUT2D eigenvalue weighted by Crippen LogP contribution is 2.38. The van der Waals surface area contributed by atoms with Gasteiger partial charge in [-0.3, -0.25) is 14.1 Å². The van der Waals surface area contributed by atoms with E-state index in [4.69, 9.17) is 13.1 Å². The van der Waals surface area contributed by atoms with Crippen molar-refractivity contribution in [3.05, 3.63) is 70.0 Å². The van der Waals surface area contributed by atoms with E-state index in [0.717, 1.165) is 31.9 Å². The number of imidazole rings is 1. The lowest BCUT2D eigenvalue weighted by molar-refractivity contribution is 1.23. The van der Waals surface area contributed by atoms with Crippen molar-refractivity contribution in [2.45, 2.75) is 0 Å². The minimum Gasteiger partial charge on any atom is -0.288 e. The quantitative estimate of drug-likeness (QED) is 0.304. The summed E-state index contributed by atoms with van der Waals surface area (Å²) in [5.74, 6) is 0. The number of aromatic nitrogens is 2. The molecular formula is C17H7BrN4. The summed E-state index contributed by atoms with van der Waals surface area (Å²) in [4.78, 5) is 11.4. The molecule has 0 aliphatic heterocycles. The first-order valence-corrected chi connectivity index (χ1v) is 7.30. The van der Waals surface area contributed by atoms with Crippen molar-refractivity contribution in [2.24, 2.45) is 0 Å². The lowest BCUT2D eigenvalue weighted by atomic mass is 10.0. The lowest BCUT2D eigenvalue weighted by Crippen LogP contribution is -1.91. The van der Waals surface area contributed by atoms with Crippen LogP contribution in [0.25, 0.3) is 37.0 Å². The van der Waals surface area contributed by atoms with Gasteiger partial charge in [-0.25, -0.2) is 4.98 Å². The van der Waals surface area contributed by atoms with Crippen LogP contribution in [0.1, 0.15) is 0 Å². The molecule has 2 aromatic carbocycles. The summed E-state index contributed by atoms with van der Waals surface area (Å²) in [7, 11) is 0. The molecule has 0 spiro atoms. The molecule has 0 fully saturated rings. The van der Waals surface area contributed by atoms with E-state index in [9.17, 15) is 0 Å². The summed E-state index contributed by atoms with van der Waals surface area (Å²) in [5, 5.41) is 3.00. The molecule has 4 rings (SSSR count). The van der Waals surface area contributed by atoms with E-state index in [1.807, 2.05) is 28.7 Å². The Morgan fingerprint density at radius 2 is 1.64 bits per heavy atom. The molecule has 0 radical (unpaired) electrons. The molecule has 5 heteroatoms. The summed E-state index contributed by atoms with van der Waals surface area (Å²) in [6.45, 7) is 14.6. The Labute approximate surface area is 134 Å². The number of nitrogens with zero attached hydrogens (tertiary/aromatic N) is 4. The average molecular weight is 347 g/mol. The maximum Gasteiger partial charge on any atom is 0.196 e. The fourth-order valence-corrected chi connectivity index (χ4v) is 3.27. The van der Waals surface area contributed by atoms with E-state index in [2.05, 4.69) is 30.6 Å². The van der Waals surface area contributed by atoms with Gasteiger partial charge in [0.05, 0.1) is 19.3 Å². The van der Waals surface area contributed by atoms with E-state index >= 15 is 0 Å². The number of benzene rings is 2. The van der Waals surface area contributed by atoms with Gasteiger partial charge >= 0.3 is 0 Å². The van der Waals surface area contributed by atoms with Crippen LogP contribution in [0.2, 0.25) is 0 Å². The molecule has 0 aliphatic carbocycles. The van der Waals surface area contributed by atoms with Gasteiger partial charge in [-0.05, 0) is 32.8 Å². The Hall–Kier alpha value is -2.89. The van der Waals surface area contributed by atoms with Crippen LogP contribution in [-0.2, 0) is 0 Å². The van der Waals surface area contributed by atoms with Crippen LogP contribution < -0.4 is 0 Å². The molecule has 0 atom stereocenters. The van der Waals surface area contributed by atoms with Crippen LogP contribution in [0.15, 0.2) is 47.2 Å². The fraction of sp³-hybridized carbons (Fsp3) is 0. The summed E-state index contributed by atoms with van der Waals surface area (Å²) in [5.41, 5.74) is 2.45. The number of hydrogen-bond donors (Lipinski definition) is 0. The Morgan fingerprint density at radius 1 is 0.955 bits per heavy atom. The smallest absolute Gasteiger partial charge is 0.196 e. The van der Waals surface area contributed by atoms with Crippen molar-refractivity contribution in [2.75, 3.05) is 0 Å². The van der Waals surface area contributed by atoms with E-state index < -0.39 is 0 Å². The van der Waals surface area contributed by atoms with Gasteiger partial charge in [0, 0.05) is 10.9 Å². The second-order valence-corrected chi connectivity index (χ2v) is 5.68. The topological polar surface area (TPSA) is 26.0 Å². The summed E-state index contributed by atoms with van der Waals surface area (Å²) in [6.07, 6.45) is 1.75. The minimum atomic E-state index is 0.361. The van der Waals surface area contributed by atoms with Gasteiger partial charge in [-0.1, -0.05) is 30.3 Å². The van der Waals surface area contributed by atoms with E-state index in [-0.39, 0.29) is 0 Å². The van der Waals surface area contributed by atoms with Crippen molar-refractivity contribution in [1.82, 2.24) is 9.38 Å². The monoisotopic (exact) mass is 346 g/mol. The highest BCUT2D eigenvalue weighted by atomic mass is 79.9. The van der Waals surface area contributed by atoms with Crippen LogP contribution >= 0.6 is 15.9 Å². The number of hydrogen-bond acceptors (Lipinski definition) is 1. The van der Waals surface area contributed by atoms with Crippen molar-refractivity contribution in [3.8, 4) is 0 Å². The molecule has 4 nitrogen and oxygen atoms in total. The van der Waals surface area contributed by atoms with Gasteiger partial charge in [0.1, 0.15) is 10.3 Å². The molecule has 4 aromatic rings. The third kappa shape index (κ3) is 1.57. The highest BCUT2D eigenvalue weighted by molar-refractivity contribution is 9.10. The van der Waals surface area contributed by atoms with E-state index in [0.29, 0.717) is 11.4 Å². The first-order valence-electron chi connectivity index (χ1n) is 6.51. The molecule has 0 saturated heterocycles. The van der Waals surface area contributed by atoms with Crippen molar-refractivity contribution in [3.63, 3.8) is 0 Å². The van der Waals surface area contributed by atoms with E-state index in [1.54, 1.807) is 18.3 Å². The summed E-state index contributed by atoms with van der Waals surface area (Å²) >= 11 is 3.52. The van der Waals surface area contributed by atoms with Crippen molar-refractivity contribution in [1.29, 1.82) is 0 Å². The molecule has 0 saturated carbocycles. The van der Waals surface area contributed by atoms with Crippen LogP contribution in [0.5, 0.6) is 0 Å².